The summed E-state index contributed by atoms with van der Waals surface area (Å²) in [6, 6.07) is 12.3. The van der Waals surface area contributed by atoms with Gasteiger partial charge in [0.2, 0.25) is 0 Å². The van der Waals surface area contributed by atoms with Crippen LogP contribution in [0.3, 0.4) is 0 Å². The van der Waals surface area contributed by atoms with E-state index in [9.17, 15) is 14.4 Å². The SMILES string of the molecule is CC(CN1C(=O)c2ccccc2C1=O)Sc1cccc(C=O)c1B1OC(C)(C)C(C)(C)O1. The van der Waals surface area contributed by atoms with E-state index >= 15 is 0 Å². The van der Waals surface area contributed by atoms with Gasteiger partial charge in [-0.2, -0.15) is 0 Å². The minimum Gasteiger partial charge on any atom is -0.399 e. The van der Waals surface area contributed by atoms with Gasteiger partial charge >= 0.3 is 7.12 Å². The van der Waals surface area contributed by atoms with Crippen molar-refractivity contribution in [3.63, 3.8) is 0 Å². The number of nitrogens with zero attached hydrogens (tertiary/aromatic N) is 1. The van der Waals surface area contributed by atoms with Crippen LogP contribution in [0.25, 0.3) is 0 Å². The van der Waals surface area contributed by atoms with E-state index in [4.69, 9.17) is 9.31 Å². The number of benzene rings is 2. The summed E-state index contributed by atoms with van der Waals surface area (Å²) in [7, 11) is -0.685. The molecule has 32 heavy (non-hydrogen) atoms. The van der Waals surface area contributed by atoms with Crippen molar-refractivity contribution < 1.29 is 23.7 Å². The first-order chi connectivity index (χ1) is 15.1. The normalized spacial score (nSPS) is 19.9. The molecule has 8 heteroatoms. The smallest absolute Gasteiger partial charge is 0.399 e. The van der Waals surface area contributed by atoms with Gasteiger partial charge in [0.15, 0.2) is 0 Å². The lowest BCUT2D eigenvalue weighted by Gasteiger charge is -2.32. The minimum atomic E-state index is -0.685. The molecule has 0 saturated carbocycles. The number of fused-ring (bicyclic) bond motifs is 1. The molecule has 6 nitrogen and oxygen atoms in total. The lowest BCUT2D eigenvalue weighted by molar-refractivity contribution is 0.00578. The number of amides is 2. The Morgan fingerprint density at radius 1 is 0.969 bits per heavy atom. The highest BCUT2D eigenvalue weighted by Gasteiger charge is 2.53. The van der Waals surface area contributed by atoms with Crippen molar-refractivity contribution in [3.8, 4) is 0 Å². The highest BCUT2D eigenvalue weighted by atomic mass is 32.2. The lowest BCUT2D eigenvalue weighted by Crippen LogP contribution is -2.41. The molecular weight excluding hydrogens is 425 g/mol. The van der Waals surface area contributed by atoms with E-state index < -0.39 is 18.3 Å². The zero-order valence-corrected chi connectivity index (χ0v) is 19.7. The summed E-state index contributed by atoms with van der Waals surface area (Å²) in [4.78, 5) is 39.4. The molecule has 0 aliphatic carbocycles. The molecule has 166 valence electrons. The van der Waals surface area contributed by atoms with E-state index in [0.29, 0.717) is 22.2 Å². The topological polar surface area (TPSA) is 72.9 Å². The quantitative estimate of drug-likeness (QED) is 0.289. The summed E-state index contributed by atoms with van der Waals surface area (Å²) in [6.07, 6.45) is 0.805. The third-order valence-electron chi connectivity index (χ3n) is 6.36. The first kappa shape index (κ1) is 22.8. The molecule has 2 heterocycles. The van der Waals surface area contributed by atoms with Crippen molar-refractivity contribution in [1.82, 2.24) is 4.90 Å². The average Bonchev–Trinajstić information content (AvgIpc) is 3.11. The summed E-state index contributed by atoms with van der Waals surface area (Å²) in [5.41, 5.74) is 0.982. The standard InChI is InChI=1S/C24H26BNO5S/c1-15(13-26-21(28)17-10-6-7-11-18(17)22(26)29)32-19-12-8-9-16(14-27)20(19)25-30-23(2,3)24(4,5)31-25/h6-12,14-15H,13H2,1-5H3. The fourth-order valence-corrected chi connectivity index (χ4v) is 5.05. The van der Waals surface area contributed by atoms with Gasteiger partial charge in [0, 0.05) is 27.7 Å². The van der Waals surface area contributed by atoms with Crippen molar-refractivity contribution in [2.45, 2.75) is 56.0 Å². The fraction of sp³-hybridized carbons (Fsp3) is 0.375. The molecule has 2 amide bonds. The molecule has 0 aromatic heterocycles. The number of thioether (sulfide) groups is 1. The molecule has 1 unspecified atom stereocenters. The number of aldehydes is 1. The fourth-order valence-electron chi connectivity index (χ4n) is 3.90. The molecule has 2 aliphatic heterocycles. The Morgan fingerprint density at radius 2 is 1.53 bits per heavy atom. The molecular formula is C24H26BNO5S. The number of hydrogen-bond donors (Lipinski definition) is 0. The van der Waals surface area contributed by atoms with E-state index in [0.717, 1.165) is 11.2 Å². The van der Waals surface area contributed by atoms with Gasteiger partial charge in [0.05, 0.1) is 22.3 Å². The van der Waals surface area contributed by atoms with Crippen molar-refractivity contribution in [2.75, 3.05) is 6.54 Å². The van der Waals surface area contributed by atoms with Crippen LogP contribution in [-0.2, 0) is 9.31 Å². The second-order valence-corrected chi connectivity index (χ2v) is 10.6. The zero-order valence-electron chi connectivity index (χ0n) is 18.9. The lowest BCUT2D eigenvalue weighted by atomic mass is 9.76. The number of rotatable bonds is 6. The molecule has 4 rings (SSSR count). The van der Waals surface area contributed by atoms with Crippen molar-refractivity contribution in [3.05, 3.63) is 59.2 Å². The van der Waals surface area contributed by atoms with Crippen LogP contribution in [0.4, 0.5) is 0 Å². The van der Waals surface area contributed by atoms with Gasteiger partial charge < -0.3 is 9.31 Å². The summed E-state index contributed by atoms with van der Waals surface area (Å²) in [5, 5.41) is -0.111. The molecule has 0 radical (unpaired) electrons. The minimum absolute atomic E-state index is 0.111. The van der Waals surface area contributed by atoms with Crippen molar-refractivity contribution in [1.29, 1.82) is 0 Å². The second kappa shape index (κ2) is 8.17. The average molecular weight is 451 g/mol. The Bertz CT molecular complexity index is 1050. The van der Waals surface area contributed by atoms with Gasteiger partial charge in [-0.05, 0) is 45.9 Å². The van der Waals surface area contributed by atoms with E-state index in [1.54, 1.807) is 30.3 Å². The Labute approximate surface area is 192 Å². The maximum Gasteiger partial charge on any atom is 0.496 e. The monoisotopic (exact) mass is 451 g/mol. The van der Waals surface area contributed by atoms with Crippen LogP contribution in [0, 0.1) is 0 Å². The Morgan fingerprint density at radius 3 is 2.06 bits per heavy atom. The summed E-state index contributed by atoms with van der Waals surface area (Å²) in [5.74, 6) is -0.545. The van der Waals surface area contributed by atoms with Crippen molar-refractivity contribution in [2.24, 2.45) is 0 Å². The molecule has 0 N–H and O–H groups in total. The number of carbonyl (C=O) groups excluding carboxylic acids is 3. The van der Waals surface area contributed by atoms with Crippen LogP contribution in [0.1, 0.15) is 65.7 Å². The van der Waals surface area contributed by atoms with E-state index in [-0.39, 0.29) is 23.6 Å². The molecule has 2 aromatic rings. The maximum absolute atomic E-state index is 12.7. The van der Waals surface area contributed by atoms with E-state index in [1.165, 1.54) is 16.7 Å². The Balaban J connectivity index is 1.57. The molecule has 1 atom stereocenters. The van der Waals surface area contributed by atoms with Crippen LogP contribution < -0.4 is 5.46 Å². The van der Waals surface area contributed by atoms with Gasteiger partial charge in [-0.15, -0.1) is 11.8 Å². The highest BCUT2D eigenvalue weighted by Crippen LogP contribution is 2.38. The van der Waals surface area contributed by atoms with E-state index in [2.05, 4.69) is 0 Å². The molecule has 1 saturated heterocycles. The summed E-state index contributed by atoms with van der Waals surface area (Å²) in [6.45, 7) is 10.1. The third-order valence-corrected chi connectivity index (χ3v) is 7.52. The zero-order chi connectivity index (χ0) is 23.3. The van der Waals surface area contributed by atoms with Crippen LogP contribution >= 0.6 is 11.8 Å². The van der Waals surface area contributed by atoms with Crippen LogP contribution in [-0.4, -0.2) is 53.1 Å². The molecule has 2 aliphatic rings. The van der Waals surface area contributed by atoms with Gasteiger partial charge in [-0.25, -0.2) is 0 Å². The van der Waals surface area contributed by atoms with Gasteiger partial charge in [-0.1, -0.05) is 31.2 Å². The predicted octanol–water partition coefficient (Wildman–Crippen LogP) is 3.58. The van der Waals surface area contributed by atoms with Crippen LogP contribution in [0.15, 0.2) is 47.4 Å². The van der Waals surface area contributed by atoms with Crippen molar-refractivity contribution >= 4 is 42.4 Å². The first-order valence-electron chi connectivity index (χ1n) is 10.6. The summed E-state index contributed by atoms with van der Waals surface area (Å²) < 4.78 is 12.4. The van der Waals surface area contributed by atoms with E-state index in [1.807, 2.05) is 46.8 Å². The van der Waals surface area contributed by atoms with Gasteiger partial charge in [0.25, 0.3) is 11.8 Å². The number of hydrogen-bond acceptors (Lipinski definition) is 6. The molecule has 1 fully saturated rings. The highest BCUT2D eigenvalue weighted by molar-refractivity contribution is 8.00. The van der Waals surface area contributed by atoms with Crippen LogP contribution in [0.5, 0.6) is 0 Å². The van der Waals surface area contributed by atoms with Crippen LogP contribution in [0.2, 0.25) is 0 Å². The number of imide groups is 1. The molecule has 0 bridgehead atoms. The maximum atomic E-state index is 12.7. The second-order valence-electron chi connectivity index (χ2n) is 9.16. The molecule has 2 aromatic carbocycles. The van der Waals surface area contributed by atoms with Gasteiger partial charge in [-0.3, -0.25) is 19.3 Å². The third kappa shape index (κ3) is 3.80. The Hall–Kier alpha value is -2.42. The van der Waals surface area contributed by atoms with Gasteiger partial charge in [0.1, 0.15) is 6.29 Å². The Kier molecular flexibility index (Phi) is 5.82. The summed E-state index contributed by atoms with van der Waals surface area (Å²) >= 11 is 1.49. The number of carbonyl (C=O) groups is 3. The predicted molar refractivity (Wildman–Crippen MR) is 125 cm³/mol. The largest absolute Gasteiger partial charge is 0.496 e. The molecule has 0 spiro atoms. The first-order valence-corrected chi connectivity index (χ1v) is 11.5.